The van der Waals surface area contributed by atoms with E-state index < -0.39 is 24.5 Å². The number of carboxylic acid groups (broad SMARTS) is 2. The minimum Gasteiger partial charge on any atom is -0.508 e. The summed E-state index contributed by atoms with van der Waals surface area (Å²) in [7, 11) is 0. The van der Waals surface area contributed by atoms with E-state index >= 15 is 0 Å². The standard InChI is InChI=1S/C28H28FNO4.C4H6O5/c1-18-25-14-23(32)7-10-26(25)34-28(27(18)21-3-2-4-22(31)13-21)20-5-8-24(9-6-20)33-12-11-30-16-19(15-29)17-30;5-2(4(8)9)1-3(6)7/h2-10,13-14,19,28,31-32H,11-12,15-17H2,1H3;2,5H,1H2,(H,6,7)(H,8,9)/t28-;2-/m00/s1. The summed E-state index contributed by atoms with van der Waals surface area (Å²) in [5, 5.41) is 44.3. The van der Waals surface area contributed by atoms with Gasteiger partial charge in [0.05, 0.1) is 13.1 Å². The number of carbonyl (C=O) groups is 2. The highest BCUT2D eigenvalue weighted by Gasteiger charge is 2.30. The van der Waals surface area contributed by atoms with Crippen LogP contribution in [0.15, 0.2) is 66.7 Å². The zero-order valence-electron chi connectivity index (χ0n) is 23.5. The lowest BCUT2D eigenvalue weighted by atomic mass is 9.86. The molecule has 0 amide bonds. The van der Waals surface area contributed by atoms with Crippen LogP contribution in [0.25, 0.3) is 11.1 Å². The Hall–Kier alpha value is -4.61. The largest absolute Gasteiger partial charge is 0.508 e. The van der Waals surface area contributed by atoms with E-state index in [1.807, 2.05) is 43.3 Å². The van der Waals surface area contributed by atoms with Crippen molar-refractivity contribution < 1.29 is 49.0 Å². The van der Waals surface area contributed by atoms with Crippen molar-refractivity contribution in [1.29, 1.82) is 0 Å². The quantitative estimate of drug-likeness (QED) is 0.228. The van der Waals surface area contributed by atoms with E-state index in [1.54, 1.807) is 30.3 Å². The van der Waals surface area contributed by atoms with E-state index in [4.69, 9.17) is 24.8 Å². The molecule has 0 aromatic heterocycles. The molecular weight excluding hydrogens is 561 g/mol. The summed E-state index contributed by atoms with van der Waals surface area (Å²) in [5.74, 6) is -0.835. The van der Waals surface area contributed by atoms with E-state index in [-0.39, 0.29) is 30.2 Å². The SMILES string of the molecule is CC1=C(c2cccc(O)c2)[C@H](c2ccc(OCCN3CC(CF)C3)cc2)Oc2ccc(O)cc21.O=C(O)C[C@H](O)C(=O)O. The molecule has 2 aliphatic heterocycles. The maximum Gasteiger partial charge on any atom is 0.333 e. The Kier molecular flexibility index (Phi) is 10.2. The number of aliphatic carboxylic acids is 2. The second-order valence-corrected chi connectivity index (χ2v) is 10.4. The first-order valence-electron chi connectivity index (χ1n) is 13.7. The Morgan fingerprint density at radius 3 is 2.33 bits per heavy atom. The number of nitrogens with zero attached hydrogens (tertiary/aromatic N) is 1. The van der Waals surface area contributed by atoms with Crippen molar-refractivity contribution in [2.24, 2.45) is 5.92 Å². The molecule has 228 valence electrons. The lowest BCUT2D eigenvalue weighted by Crippen LogP contribution is -2.49. The molecule has 43 heavy (non-hydrogen) atoms. The van der Waals surface area contributed by atoms with Gasteiger partial charge in [0, 0.05) is 36.7 Å². The smallest absolute Gasteiger partial charge is 0.333 e. The Bertz CT molecular complexity index is 1470. The lowest BCUT2D eigenvalue weighted by molar-refractivity contribution is -0.152. The van der Waals surface area contributed by atoms with E-state index in [9.17, 15) is 24.2 Å². The Morgan fingerprint density at radius 1 is 1.02 bits per heavy atom. The van der Waals surface area contributed by atoms with Crippen molar-refractivity contribution in [3.63, 3.8) is 0 Å². The number of hydrogen-bond acceptors (Lipinski definition) is 8. The summed E-state index contributed by atoms with van der Waals surface area (Å²) in [6.45, 7) is 4.72. The molecule has 0 radical (unpaired) electrons. The van der Waals surface area contributed by atoms with Gasteiger partial charge in [-0.2, -0.15) is 0 Å². The number of rotatable bonds is 10. The fourth-order valence-electron chi connectivity index (χ4n) is 4.96. The van der Waals surface area contributed by atoms with Gasteiger partial charge in [0.15, 0.2) is 6.10 Å². The summed E-state index contributed by atoms with van der Waals surface area (Å²) in [6.07, 6.45) is -2.93. The Labute approximate surface area is 247 Å². The monoisotopic (exact) mass is 595 g/mol. The molecule has 0 spiro atoms. The molecule has 10 nitrogen and oxygen atoms in total. The Morgan fingerprint density at radius 2 is 1.72 bits per heavy atom. The topological polar surface area (TPSA) is 157 Å². The highest BCUT2D eigenvalue weighted by molar-refractivity contribution is 5.95. The summed E-state index contributed by atoms with van der Waals surface area (Å²) >= 11 is 0. The van der Waals surface area contributed by atoms with Crippen LogP contribution < -0.4 is 9.47 Å². The number of phenols is 2. The van der Waals surface area contributed by atoms with Crippen molar-refractivity contribution in [3.05, 3.63) is 83.4 Å². The van der Waals surface area contributed by atoms with Crippen molar-refractivity contribution in [3.8, 4) is 23.0 Å². The van der Waals surface area contributed by atoms with Crippen LogP contribution >= 0.6 is 0 Å². The minimum atomic E-state index is -1.79. The van der Waals surface area contributed by atoms with Crippen LogP contribution in [0, 0.1) is 5.92 Å². The fraction of sp³-hybridized carbons (Fsp3) is 0.312. The van der Waals surface area contributed by atoms with Gasteiger partial charge in [0.1, 0.15) is 35.7 Å². The molecule has 0 bridgehead atoms. The van der Waals surface area contributed by atoms with Crippen LogP contribution in [0.3, 0.4) is 0 Å². The van der Waals surface area contributed by atoms with Crippen LogP contribution in [-0.4, -0.2) is 81.4 Å². The number of aliphatic hydroxyl groups excluding tert-OH is 1. The highest BCUT2D eigenvalue weighted by Crippen LogP contribution is 2.47. The second-order valence-electron chi connectivity index (χ2n) is 10.4. The van der Waals surface area contributed by atoms with Crippen LogP contribution in [0.5, 0.6) is 23.0 Å². The van der Waals surface area contributed by atoms with Crippen molar-refractivity contribution >= 4 is 23.1 Å². The van der Waals surface area contributed by atoms with Gasteiger partial charge in [-0.15, -0.1) is 0 Å². The zero-order chi connectivity index (χ0) is 31.1. The molecule has 0 aliphatic carbocycles. The molecule has 0 saturated carbocycles. The lowest BCUT2D eigenvalue weighted by Gasteiger charge is -2.37. The number of halogens is 1. The van der Waals surface area contributed by atoms with Gasteiger partial charge < -0.3 is 35.0 Å². The van der Waals surface area contributed by atoms with E-state index in [1.165, 1.54) is 0 Å². The number of alkyl halides is 1. The van der Waals surface area contributed by atoms with E-state index in [0.29, 0.717) is 12.4 Å². The van der Waals surface area contributed by atoms with Crippen molar-refractivity contribution in [2.75, 3.05) is 32.9 Å². The number of phenolic OH excluding ortho intramolecular Hbond substituents is 2. The molecule has 2 aliphatic rings. The number of fused-ring (bicyclic) bond motifs is 1. The number of hydrogen-bond donors (Lipinski definition) is 5. The van der Waals surface area contributed by atoms with Crippen LogP contribution in [-0.2, 0) is 9.59 Å². The Balaban J connectivity index is 0.000000410. The number of ether oxygens (including phenoxy) is 2. The van der Waals surface area contributed by atoms with E-state index in [2.05, 4.69) is 4.90 Å². The summed E-state index contributed by atoms with van der Waals surface area (Å²) in [5.41, 5.74) is 4.56. The molecule has 1 saturated heterocycles. The zero-order valence-corrected chi connectivity index (χ0v) is 23.5. The van der Waals surface area contributed by atoms with Gasteiger partial charge in [0.25, 0.3) is 0 Å². The van der Waals surface area contributed by atoms with Gasteiger partial charge >= 0.3 is 11.9 Å². The molecule has 3 aromatic rings. The normalized spacial score (nSPS) is 17.0. The molecular formula is C32H34FNO9. The predicted molar refractivity (Wildman–Crippen MR) is 156 cm³/mol. The third-order valence-electron chi connectivity index (χ3n) is 7.20. The van der Waals surface area contributed by atoms with Gasteiger partial charge in [-0.25, -0.2) is 4.79 Å². The first-order valence-corrected chi connectivity index (χ1v) is 13.7. The fourth-order valence-corrected chi connectivity index (χ4v) is 4.96. The number of aromatic hydroxyl groups is 2. The molecule has 5 rings (SSSR count). The molecule has 1 fully saturated rings. The molecule has 3 aromatic carbocycles. The average Bonchev–Trinajstić information content (AvgIpc) is 2.95. The van der Waals surface area contributed by atoms with Crippen molar-refractivity contribution in [1.82, 2.24) is 4.90 Å². The van der Waals surface area contributed by atoms with E-state index in [0.717, 1.165) is 53.2 Å². The van der Waals surface area contributed by atoms with Gasteiger partial charge in [-0.3, -0.25) is 14.1 Å². The van der Waals surface area contributed by atoms with Gasteiger partial charge in [0.2, 0.25) is 0 Å². The number of allylic oxidation sites excluding steroid dienone is 1. The third-order valence-corrected chi connectivity index (χ3v) is 7.20. The molecule has 2 heterocycles. The van der Waals surface area contributed by atoms with Crippen LogP contribution in [0.4, 0.5) is 4.39 Å². The first-order chi connectivity index (χ1) is 20.5. The van der Waals surface area contributed by atoms with Crippen LogP contribution in [0.2, 0.25) is 0 Å². The number of carboxylic acids is 2. The second kappa shape index (κ2) is 14.0. The van der Waals surface area contributed by atoms with Gasteiger partial charge in [-0.05, 0) is 66.1 Å². The van der Waals surface area contributed by atoms with Gasteiger partial charge in [-0.1, -0.05) is 24.3 Å². The third kappa shape index (κ3) is 8.02. The maximum absolute atomic E-state index is 12.6. The number of aliphatic hydroxyl groups is 1. The summed E-state index contributed by atoms with van der Waals surface area (Å²) in [4.78, 5) is 21.6. The summed E-state index contributed by atoms with van der Waals surface area (Å²) in [6, 6.07) is 20.1. The number of likely N-dealkylation sites (tertiary alicyclic amines) is 1. The summed E-state index contributed by atoms with van der Waals surface area (Å²) < 4.78 is 24.9. The maximum atomic E-state index is 12.6. The van der Waals surface area contributed by atoms with Crippen LogP contribution in [0.1, 0.15) is 36.1 Å². The molecule has 0 unspecified atom stereocenters. The molecule has 11 heteroatoms. The molecule has 2 atom stereocenters. The average molecular weight is 596 g/mol. The first kappa shape index (κ1) is 31.3. The minimum absolute atomic E-state index is 0.176. The highest BCUT2D eigenvalue weighted by atomic mass is 19.1. The molecule has 5 N–H and O–H groups in total. The number of benzene rings is 3. The van der Waals surface area contributed by atoms with Crippen molar-refractivity contribution in [2.45, 2.75) is 25.6 Å². The predicted octanol–water partition coefficient (Wildman–Crippen LogP) is 4.35.